The van der Waals surface area contributed by atoms with E-state index < -0.39 is 0 Å². The normalized spacial score (nSPS) is 14.0. The van der Waals surface area contributed by atoms with Gasteiger partial charge in [-0.05, 0) is 36.8 Å². The van der Waals surface area contributed by atoms with Gasteiger partial charge in [-0.2, -0.15) is 0 Å². The molecule has 0 N–H and O–H groups in total. The Balaban J connectivity index is 0.000000855. The number of piperazine rings is 1. The van der Waals surface area contributed by atoms with E-state index in [1.165, 1.54) is 17.0 Å². The first-order chi connectivity index (χ1) is 13.1. The van der Waals surface area contributed by atoms with Crippen molar-refractivity contribution >= 4 is 23.4 Å². The van der Waals surface area contributed by atoms with Crippen molar-refractivity contribution < 1.29 is 0 Å². The smallest absolute Gasteiger partial charge is 0.0639 e. The van der Waals surface area contributed by atoms with Gasteiger partial charge in [0.25, 0.3) is 0 Å². The van der Waals surface area contributed by atoms with E-state index in [1.54, 1.807) is 0 Å². The van der Waals surface area contributed by atoms with Crippen molar-refractivity contribution in [2.24, 2.45) is 7.05 Å². The Kier molecular flexibility index (Phi) is 10.3. The second-order valence-electron chi connectivity index (χ2n) is 6.16. The second kappa shape index (κ2) is 11.9. The summed E-state index contributed by atoms with van der Waals surface area (Å²) in [6.45, 7) is 19.2. The molecule has 1 aromatic carbocycles. The van der Waals surface area contributed by atoms with Gasteiger partial charge in [-0.25, -0.2) is 0 Å². The van der Waals surface area contributed by atoms with Crippen LogP contribution in [0.25, 0.3) is 6.08 Å². The van der Waals surface area contributed by atoms with Crippen molar-refractivity contribution in [2.45, 2.75) is 41.2 Å². The van der Waals surface area contributed by atoms with Crippen LogP contribution in [-0.4, -0.2) is 35.6 Å². The monoisotopic (exact) mass is 389 g/mol. The third-order valence-corrected chi connectivity index (χ3v) is 5.17. The minimum absolute atomic E-state index is 0.843. The van der Waals surface area contributed by atoms with Crippen molar-refractivity contribution in [3.8, 4) is 0 Å². The maximum Gasteiger partial charge on any atom is 0.0639 e. The van der Waals surface area contributed by atoms with E-state index in [-0.39, 0.29) is 0 Å². The maximum absolute atomic E-state index is 6.31. The number of anilines is 1. The van der Waals surface area contributed by atoms with Crippen LogP contribution in [0.1, 0.15) is 44.6 Å². The van der Waals surface area contributed by atoms with Crippen molar-refractivity contribution in [2.75, 3.05) is 31.1 Å². The van der Waals surface area contributed by atoms with Crippen LogP contribution in [0.4, 0.5) is 5.69 Å². The van der Waals surface area contributed by atoms with Crippen LogP contribution in [0.15, 0.2) is 36.9 Å². The number of rotatable bonds is 4. The molecule has 0 atom stereocenters. The molecule has 2 heterocycles. The van der Waals surface area contributed by atoms with E-state index in [0.29, 0.717) is 0 Å². The summed E-state index contributed by atoms with van der Waals surface area (Å²) < 4.78 is 2.21. The number of hydrogen-bond donors (Lipinski definition) is 0. The molecule has 3 rings (SSSR count). The van der Waals surface area contributed by atoms with Gasteiger partial charge in [0.2, 0.25) is 0 Å². The Bertz CT molecular complexity index is 698. The van der Waals surface area contributed by atoms with Crippen molar-refractivity contribution in [1.82, 2.24) is 9.47 Å². The highest BCUT2D eigenvalue weighted by Crippen LogP contribution is 2.26. The zero-order valence-electron chi connectivity index (χ0n) is 17.9. The van der Waals surface area contributed by atoms with Gasteiger partial charge < -0.3 is 9.47 Å². The molecule has 150 valence electrons. The molecule has 0 unspecified atom stereocenters. The summed E-state index contributed by atoms with van der Waals surface area (Å²) in [5.41, 5.74) is 5.06. The molecule has 0 saturated carbocycles. The van der Waals surface area contributed by atoms with Crippen molar-refractivity contribution in [3.63, 3.8) is 0 Å². The molecule has 0 spiro atoms. The van der Waals surface area contributed by atoms with E-state index in [1.807, 2.05) is 45.9 Å². The molecule has 1 saturated heterocycles. The molecule has 0 aliphatic carbocycles. The maximum atomic E-state index is 6.31. The predicted octanol–water partition coefficient (Wildman–Crippen LogP) is 6.00. The summed E-state index contributed by atoms with van der Waals surface area (Å²) in [4.78, 5) is 4.90. The molecule has 0 amide bonds. The zero-order chi connectivity index (χ0) is 20.4. The fourth-order valence-corrected chi connectivity index (χ4v) is 3.50. The Morgan fingerprint density at radius 1 is 1.04 bits per heavy atom. The first kappa shape index (κ1) is 23.3. The largest absolute Gasteiger partial charge is 0.368 e. The topological polar surface area (TPSA) is 11.4 Å². The van der Waals surface area contributed by atoms with Gasteiger partial charge in [0.05, 0.1) is 10.7 Å². The first-order valence-corrected chi connectivity index (χ1v) is 10.5. The minimum Gasteiger partial charge on any atom is -0.368 e. The Labute approximate surface area is 171 Å². The van der Waals surface area contributed by atoms with Gasteiger partial charge in [-0.3, -0.25) is 4.90 Å². The van der Waals surface area contributed by atoms with Gasteiger partial charge in [0, 0.05) is 51.2 Å². The molecule has 3 nitrogen and oxygen atoms in total. The highest BCUT2D eigenvalue weighted by atomic mass is 35.5. The van der Waals surface area contributed by atoms with E-state index in [4.69, 9.17) is 11.6 Å². The van der Waals surface area contributed by atoms with E-state index in [9.17, 15) is 0 Å². The Hall–Kier alpha value is -1.71. The van der Waals surface area contributed by atoms with Gasteiger partial charge in [0.1, 0.15) is 0 Å². The zero-order valence-corrected chi connectivity index (χ0v) is 18.7. The SMILES string of the molecule is C=Cc1cc(CN2CCN(c3ccccc3Cl)CC2)c(C)n1C.CC.CC. The summed E-state index contributed by atoms with van der Waals surface area (Å²) in [6.07, 6.45) is 1.92. The molecular weight excluding hydrogens is 354 g/mol. The Morgan fingerprint density at radius 2 is 1.63 bits per heavy atom. The van der Waals surface area contributed by atoms with Crippen LogP contribution in [-0.2, 0) is 13.6 Å². The molecular formula is C23H36ClN3. The lowest BCUT2D eigenvalue weighted by molar-refractivity contribution is 0.249. The average molecular weight is 390 g/mol. The fourth-order valence-electron chi connectivity index (χ4n) is 3.24. The number of halogens is 1. The van der Waals surface area contributed by atoms with Crippen LogP contribution in [0.2, 0.25) is 5.02 Å². The van der Waals surface area contributed by atoms with Crippen LogP contribution in [0.5, 0.6) is 0 Å². The fraction of sp³-hybridized carbons (Fsp3) is 0.478. The number of nitrogens with zero attached hydrogens (tertiary/aromatic N) is 3. The van der Waals surface area contributed by atoms with Gasteiger partial charge >= 0.3 is 0 Å². The minimum atomic E-state index is 0.843. The summed E-state index contributed by atoms with van der Waals surface area (Å²) in [6, 6.07) is 10.4. The number of para-hydroxylation sites is 1. The van der Waals surface area contributed by atoms with E-state index in [2.05, 4.69) is 53.1 Å². The summed E-state index contributed by atoms with van der Waals surface area (Å²) in [7, 11) is 2.10. The lowest BCUT2D eigenvalue weighted by Gasteiger charge is -2.36. The standard InChI is InChI=1S/C19H24ClN3.2C2H6/c1-4-17-13-16(15(2)21(17)3)14-22-9-11-23(12-10-22)19-8-6-5-7-18(19)20;2*1-2/h4-8,13H,1,9-12,14H2,2-3H3;2*1-2H3. The summed E-state index contributed by atoms with van der Waals surface area (Å²) in [5.74, 6) is 0. The van der Waals surface area contributed by atoms with Crippen LogP contribution in [0, 0.1) is 6.92 Å². The first-order valence-electron chi connectivity index (χ1n) is 10.1. The molecule has 4 heteroatoms. The Morgan fingerprint density at radius 3 is 2.15 bits per heavy atom. The van der Waals surface area contributed by atoms with Crippen molar-refractivity contribution in [1.29, 1.82) is 0 Å². The third kappa shape index (κ3) is 5.88. The van der Waals surface area contributed by atoms with Crippen LogP contribution in [0.3, 0.4) is 0 Å². The summed E-state index contributed by atoms with van der Waals surface area (Å²) >= 11 is 6.31. The molecule has 1 aliphatic heterocycles. The van der Waals surface area contributed by atoms with Crippen molar-refractivity contribution in [3.05, 3.63) is 58.9 Å². The quantitative estimate of drug-likeness (QED) is 0.634. The molecule has 2 aromatic rings. The van der Waals surface area contributed by atoms with Gasteiger partial charge in [-0.15, -0.1) is 0 Å². The number of hydrogen-bond acceptors (Lipinski definition) is 2. The van der Waals surface area contributed by atoms with E-state index >= 15 is 0 Å². The van der Waals surface area contributed by atoms with Gasteiger partial charge in [0.15, 0.2) is 0 Å². The molecule has 1 aromatic heterocycles. The molecule has 27 heavy (non-hydrogen) atoms. The van der Waals surface area contributed by atoms with E-state index in [0.717, 1.165) is 43.4 Å². The predicted molar refractivity (Wildman–Crippen MR) is 122 cm³/mol. The second-order valence-corrected chi connectivity index (χ2v) is 6.56. The number of aromatic nitrogens is 1. The van der Waals surface area contributed by atoms with Crippen LogP contribution >= 0.6 is 11.6 Å². The van der Waals surface area contributed by atoms with Crippen LogP contribution < -0.4 is 4.90 Å². The third-order valence-electron chi connectivity index (χ3n) is 4.85. The lowest BCUT2D eigenvalue weighted by Crippen LogP contribution is -2.46. The molecule has 0 bridgehead atoms. The number of benzene rings is 1. The lowest BCUT2D eigenvalue weighted by atomic mass is 10.2. The highest BCUT2D eigenvalue weighted by Gasteiger charge is 2.20. The van der Waals surface area contributed by atoms with Gasteiger partial charge in [-0.1, -0.05) is 58.0 Å². The molecule has 1 fully saturated rings. The summed E-state index contributed by atoms with van der Waals surface area (Å²) in [5, 5.41) is 0.843. The average Bonchev–Trinajstić information content (AvgIpc) is 3.00. The molecule has 1 aliphatic rings. The highest BCUT2D eigenvalue weighted by molar-refractivity contribution is 6.33. The molecule has 0 radical (unpaired) electrons.